The lowest BCUT2D eigenvalue weighted by Gasteiger charge is -2.45. The van der Waals surface area contributed by atoms with Gasteiger partial charge in [0.05, 0.1) is 14.2 Å². The van der Waals surface area contributed by atoms with E-state index in [1.54, 1.807) is 14.2 Å². The summed E-state index contributed by atoms with van der Waals surface area (Å²) in [4.78, 5) is 14.4. The number of ether oxygens (including phenoxy) is 3. The largest absolute Gasteiger partial charge is 0.493 e. The molecule has 1 aliphatic carbocycles. The monoisotopic (exact) mass is 319 g/mol. The molecule has 5 heteroatoms. The molecule has 1 saturated heterocycles. The van der Waals surface area contributed by atoms with Gasteiger partial charge in [0, 0.05) is 17.9 Å². The summed E-state index contributed by atoms with van der Waals surface area (Å²) in [5.41, 5.74) is 0.943. The maximum Gasteiger partial charge on any atom is 0.165 e. The summed E-state index contributed by atoms with van der Waals surface area (Å²) < 4.78 is 16.6. The first-order valence-corrected chi connectivity index (χ1v) is 8.06. The van der Waals surface area contributed by atoms with Gasteiger partial charge in [-0.2, -0.15) is 0 Å². The lowest BCUT2D eigenvalue weighted by molar-refractivity contribution is -0.122. The number of carbonyl (C=O) groups excluding carboxylic acids is 1. The van der Waals surface area contributed by atoms with E-state index in [1.807, 2.05) is 26.2 Å². The zero-order valence-corrected chi connectivity index (χ0v) is 14.5. The highest BCUT2D eigenvalue weighted by atomic mass is 16.6. The predicted molar refractivity (Wildman–Crippen MR) is 87.3 cm³/mol. The molecule has 1 aromatic carbocycles. The van der Waals surface area contributed by atoms with E-state index in [1.165, 1.54) is 0 Å². The van der Waals surface area contributed by atoms with E-state index in [9.17, 15) is 4.79 Å². The van der Waals surface area contributed by atoms with Crippen molar-refractivity contribution in [2.75, 3.05) is 28.3 Å². The van der Waals surface area contributed by atoms with Crippen LogP contribution in [0.3, 0.4) is 0 Å². The van der Waals surface area contributed by atoms with Gasteiger partial charge >= 0.3 is 0 Å². The lowest BCUT2D eigenvalue weighted by Crippen LogP contribution is -2.56. The number of rotatable bonds is 5. The number of nitrogens with zero attached hydrogens (tertiary/aromatic N) is 1. The van der Waals surface area contributed by atoms with Crippen LogP contribution in [0.25, 0.3) is 0 Å². The average Bonchev–Trinajstić information content (AvgIpc) is 3.36. The molecule has 1 aromatic rings. The van der Waals surface area contributed by atoms with Gasteiger partial charge < -0.3 is 19.1 Å². The van der Waals surface area contributed by atoms with E-state index in [0.717, 1.165) is 12.0 Å². The van der Waals surface area contributed by atoms with Gasteiger partial charge in [0.1, 0.15) is 12.2 Å². The molecule has 4 atom stereocenters. The highest BCUT2D eigenvalue weighted by Gasteiger charge is 2.65. The number of likely N-dealkylation sites (N-methyl/N-ethyl adjacent to an activating group) is 1. The SMILES string of the molecule is CC[C@]1(c2ccc(OC)c(OC)c2)C2OC2C(=O)CC1N(C)C. The topological polar surface area (TPSA) is 51.3 Å². The molecule has 0 N–H and O–H groups in total. The van der Waals surface area contributed by atoms with Crippen molar-refractivity contribution in [2.24, 2.45) is 0 Å². The number of benzene rings is 1. The number of methoxy groups -OCH3 is 2. The van der Waals surface area contributed by atoms with E-state index in [2.05, 4.69) is 17.9 Å². The van der Waals surface area contributed by atoms with E-state index in [-0.39, 0.29) is 29.4 Å². The molecule has 3 rings (SSSR count). The van der Waals surface area contributed by atoms with E-state index in [0.29, 0.717) is 17.9 Å². The molecule has 2 fully saturated rings. The predicted octanol–water partition coefficient (Wildman–Crippen LogP) is 2.02. The van der Waals surface area contributed by atoms with Gasteiger partial charge in [-0.15, -0.1) is 0 Å². The van der Waals surface area contributed by atoms with Crippen LogP contribution >= 0.6 is 0 Å². The van der Waals surface area contributed by atoms with Gasteiger partial charge in [-0.3, -0.25) is 4.79 Å². The average molecular weight is 319 g/mol. The number of ketones is 1. The fourth-order valence-electron chi connectivity index (χ4n) is 4.19. The summed E-state index contributed by atoms with van der Waals surface area (Å²) in [7, 11) is 7.34. The molecule has 0 aromatic heterocycles. The molecule has 1 heterocycles. The van der Waals surface area contributed by atoms with Gasteiger partial charge in [0.25, 0.3) is 0 Å². The molecule has 23 heavy (non-hydrogen) atoms. The first-order chi connectivity index (χ1) is 11.0. The quantitative estimate of drug-likeness (QED) is 0.777. The first kappa shape index (κ1) is 16.3. The molecule has 2 aliphatic rings. The third-order valence-electron chi connectivity index (χ3n) is 5.44. The minimum Gasteiger partial charge on any atom is -0.493 e. The highest BCUT2D eigenvalue weighted by molar-refractivity contribution is 5.89. The Morgan fingerprint density at radius 1 is 1.26 bits per heavy atom. The van der Waals surface area contributed by atoms with Gasteiger partial charge in [0.15, 0.2) is 17.3 Å². The summed E-state index contributed by atoms with van der Waals surface area (Å²) in [6, 6.07) is 6.16. The number of Topliss-reactive ketones (excluding diaryl/α,β-unsaturated/α-hetero) is 1. The van der Waals surface area contributed by atoms with Gasteiger partial charge in [-0.25, -0.2) is 0 Å². The Balaban J connectivity index is 2.10. The van der Waals surface area contributed by atoms with Crippen LogP contribution in [0.2, 0.25) is 0 Å². The fourth-order valence-corrected chi connectivity index (χ4v) is 4.19. The molecular formula is C18H25NO4. The van der Waals surface area contributed by atoms with Crippen LogP contribution in [0.4, 0.5) is 0 Å². The summed E-state index contributed by atoms with van der Waals surface area (Å²) in [6.07, 6.45) is 1.15. The summed E-state index contributed by atoms with van der Waals surface area (Å²) in [5, 5.41) is 0. The number of carbonyl (C=O) groups is 1. The van der Waals surface area contributed by atoms with Crippen molar-refractivity contribution in [3.63, 3.8) is 0 Å². The highest BCUT2D eigenvalue weighted by Crippen LogP contribution is 2.53. The Morgan fingerprint density at radius 3 is 2.52 bits per heavy atom. The van der Waals surface area contributed by atoms with Crippen LogP contribution in [0.1, 0.15) is 25.3 Å². The number of hydrogen-bond donors (Lipinski definition) is 0. The molecule has 1 saturated carbocycles. The van der Waals surface area contributed by atoms with Crippen molar-refractivity contribution in [1.82, 2.24) is 4.90 Å². The zero-order chi connectivity index (χ0) is 16.8. The smallest absolute Gasteiger partial charge is 0.165 e. The van der Waals surface area contributed by atoms with Crippen LogP contribution in [0.5, 0.6) is 11.5 Å². The van der Waals surface area contributed by atoms with Crippen molar-refractivity contribution >= 4 is 5.78 Å². The Labute approximate surface area is 137 Å². The minimum atomic E-state index is -0.237. The zero-order valence-electron chi connectivity index (χ0n) is 14.5. The van der Waals surface area contributed by atoms with E-state index in [4.69, 9.17) is 14.2 Å². The van der Waals surface area contributed by atoms with Crippen LogP contribution < -0.4 is 9.47 Å². The van der Waals surface area contributed by atoms with Crippen molar-refractivity contribution in [1.29, 1.82) is 0 Å². The normalized spacial score (nSPS) is 32.6. The van der Waals surface area contributed by atoms with E-state index < -0.39 is 0 Å². The molecule has 0 radical (unpaired) electrons. The molecule has 0 amide bonds. The van der Waals surface area contributed by atoms with Gasteiger partial charge in [-0.05, 0) is 38.2 Å². The molecule has 5 nitrogen and oxygen atoms in total. The standard InChI is InChI=1S/C18H25NO4/c1-6-18(11-7-8-13(21-4)14(9-11)22-5)15(19(2)3)10-12(20)16-17(18)23-16/h7-9,15-17H,6,10H2,1-5H3/t15?,16?,17?,18-/m1/s1. The summed E-state index contributed by atoms with van der Waals surface area (Å²) >= 11 is 0. The minimum absolute atomic E-state index is 0.0424. The second kappa shape index (κ2) is 5.80. The molecule has 1 aliphatic heterocycles. The second-order valence-corrected chi connectivity index (χ2v) is 6.59. The number of hydrogen-bond acceptors (Lipinski definition) is 5. The van der Waals surface area contributed by atoms with Crippen LogP contribution in [-0.2, 0) is 14.9 Å². The summed E-state index contributed by atoms with van der Waals surface area (Å²) in [5.74, 6) is 1.65. The van der Waals surface area contributed by atoms with Gasteiger partial charge in [0.2, 0.25) is 0 Å². The van der Waals surface area contributed by atoms with Gasteiger partial charge in [-0.1, -0.05) is 13.0 Å². The Bertz CT molecular complexity index is 615. The molecule has 0 spiro atoms. The van der Waals surface area contributed by atoms with Crippen molar-refractivity contribution in [2.45, 2.75) is 43.4 Å². The van der Waals surface area contributed by atoms with E-state index >= 15 is 0 Å². The Hall–Kier alpha value is -1.59. The third kappa shape index (κ3) is 2.34. The van der Waals surface area contributed by atoms with Crippen molar-refractivity contribution in [3.8, 4) is 11.5 Å². The van der Waals surface area contributed by atoms with Crippen LogP contribution in [0, 0.1) is 0 Å². The number of epoxide rings is 1. The third-order valence-corrected chi connectivity index (χ3v) is 5.44. The van der Waals surface area contributed by atoms with Crippen molar-refractivity contribution in [3.05, 3.63) is 23.8 Å². The molecule has 3 unspecified atom stereocenters. The number of fused-ring (bicyclic) bond motifs is 1. The van der Waals surface area contributed by atoms with Crippen molar-refractivity contribution < 1.29 is 19.0 Å². The van der Waals surface area contributed by atoms with Crippen LogP contribution in [-0.4, -0.2) is 57.2 Å². The fraction of sp³-hybridized carbons (Fsp3) is 0.611. The maximum absolute atomic E-state index is 12.2. The molecule has 126 valence electrons. The Kier molecular flexibility index (Phi) is 4.10. The molecule has 0 bridgehead atoms. The Morgan fingerprint density at radius 2 is 1.96 bits per heavy atom. The summed E-state index contributed by atoms with van der Waals surface area (Å²) in [6.45, 7) is 2.17. The first-order valence-electron chi connectivity index (χ1n) is 8.06. The van der Waals surface area contributed by atoms with Crippen LogP contribution in [0.15, 0.2) is 18.2 Å². The molecular weight excluding hydrogens is 294 g/mol. The maximum atomic E-state index is 12.2. The second-order valence-electron chi connectivity index (χ2n) is 6.59. The lowest BCUT2D eigenvalue weighted by atomic mass is 9.63.